The van der Waals surface area contributed by atoms with Crippen LogP contribution in [0.1, 0.15) is 34.8 Å². The molecule has 0 aliphatic heterocycles. The highest BCUT2D eigenvalue weighted by atomic mass is 16.1. The summed E-state index contributed by atoms with van der Waals surface area (Å²) < 4.78 is 1.79. The van der Waals surface area contributed by atoms with Gasteiger partial charge < -0.3 is 9.88 Å². The molecule has 0 spiro atoms. The fourth-order valence-electron chi connectivity index (χ4n) is 2.52. The minimum absolute atomic E-state index is 0.216. The number of hydrogen-bond acceptors (Lipinski definition) is 4. The van der Waals surface area contributed by atoms with Gasteiger partial charge in [0.1, 0.15) is 11.3 Å². The number of aryl methyl sites for hydroxylation is 1. The third kappa shape index (κ3) is 2.22. The molecule has 4 rings (SSSR count). The van der Waals surface area contributed by atoms with Gasteiger partial charge in [0.15, 0.2) is 5.65 Å². The molecule has 1 amide bonds. The van der Waals surface area contributed by atoms with Crippen molar-refractivity contribution >= 4 is 22.9 Å². The van der Waals surface area contributed by atoms with E-state index in [-0.39, 0.29) is 5.91 Å². The molecule has 22 heavy (non-hydrogen) atoms. The van der Waals surface area contributed by atoms with E-state index in [4.69, 9.17) is 0 Å². The van der Waals surface area contributed by atoms with Crippen molar-refractivity contribution in [3.05, 3.63) is 48.0 Å². The number of carbonyl (C=O) groups excluding carboxylic acids is 1. The predicted octanol–water partition coefficient (Wildman–Crippen LogP) is 2.49. The van der Waals surface area contributed by atoms with Crippen LogP contribution in [-0.4, -0.2) is 25.4 Å². The smallest absolute Gasteiger partial charge is 0.259 e. The van der Waals surface area contributed by atoms with E-state index in [1.54, 1.807) is 29.2 Å². The summed E-state index contributed by atoms with van der Waals surface area (Å²) in [7, 11) is 1.85. The Morgan fingerprint density at radius 2 is 2.14 bits per heavy atom. The normalized spacial score (nSPS) is 14.2. The Kier molecular flexibility index (Phi) is 2.89. The molecule has 0 bridgehead atoms. The van der Waals surface area contributed by atoms with E-state index in [0.717, 1.165) is 5.69 Å². The quantitative estimate of drug-likeness (QED) is 0.805. The SMILES string of the molecule is Cn1cnc2c(C(=O)Nc3cccc(C4CC4)n3)ccnc21. The molecule has 0 atom stereocenters. The van der Waals surface area contributed by atoms with Gasteiger partial charge in [-0.15, -0.1) is 0 Å². The molecule has 3 aromatic rings. The average molecular weight is 293 g/mol. The van der Waals surface area contributed by atoms with Crippen LogP contribution in [0.25, 0.3) is 11.2 Å². The van der Waals surface area contributed by atoms with Gasteiger partial charge in [0.2, 0.25) is 0 Å². The molecule has 3 heterocycles. The van der Waals surface area contributed by atoms with E-state index in [1.807, 2.05) is 19.2 Å². The Bertz CT molecular complexity index is 866. The second-order valence-electron chi connectivity index (χ2n) is 5.56. The third-order valence-corrected chi connectivity index (χ3v) is 3.85. The molecule has 1 aliphatic rings. The molecule has 0 radical (unpaired) electrons. The topological polar surface area (TPSA) is 72.7 Å². The second kappa shape index (κ2) is 4.91. The largest absolute Gasteiger partial charge is 0.318 e. The molecular weight excluding hydrogens is 278 g/mol. The van der Waals surface area contributed by atoms with Crippen LogP contribution >= 0.6 is 0 Å². The van der Waals surface area contributed by atoms with E-state index >= 15 is 0 Å². The lowest BCUT2D eigenvalue weighted by atomic mass is 10.2. The minimum atomic E-state index is -0.216. The van der Waals surface area contributed by atoms with Crippen LogP contribution in [0.3, 0.4) is 0 Å². The van der Waals surface area contributed by atoms with E-state index < -0.39 is 0 Å². The summed E-state index contributed by atoms with van der Waals surface area (Å²) in [6, 6.07) is 7.42. The number of hydrogen-bond donors (Lipinski definition) is 1. The first-order chi connectivity index (χ1) is 10.7. The number of pyridine rings is 2. The summed E-state index contributed by atoms with van der Waals surface area (Å²) in [5.74, 6) is 0.919. The summed E-state index contributed by atoms with van der Waals surface area (Å²) in [6.07, 6.45) is 5.64. The molecule has 0 aromatic carbocycles. The van der Waals surface area contributed by atoms with Gasteiger partial charge in [-0.3, -0.25) is 4.79 Å². The lowest BCUT2D eigenvalue weighted by Crippen LogP contribution is -2.14. The fourth-order valence-corrected chi connectivity index (χ4v) is 2.52. The van der Waals surface area contributed by atoms with Gasteiger partial charge in [-0.25, -0.2) is 15.0 Å². The first-order valence-corrected chi connectivity index (χ1v) is 7.27. The molecule has 0 unspecified atom stereocenters. The summed E-state index contributed by atoms with van der Waals surface area (Å²) in [4.78, 5) is 25.5. The van der Waals surface area contributed by atoms with Crippen LogP contribution in [0.15, 0.2) is 36.8 Å². The van der Waals surface area contributed by atoms with Crippen LogP contribution in [-0.2, 0) is 7.05 Å². The van der Waals surface area contributed by atoms with Crippen LogP contribution < -0.4 is 5.32 Å². The molecule has 110 valence electrons. The zero-order valence-electron chi connectivity index (χ0n) is 12.2. The highest BCUT2D eigenvalue weighted by Gasteiger charge is 2.25. The van der Waals surface area contributed by atoms with Gasteiger partial charge in [0.25, 0.3) is 5.91 Å². The first-order valence-electron chi connectivity index (χ1n) is 7.27. The molecular formula is C16H15N5O. The second-order valence-corrected chi connectivity index (χ2v) is 5.56. The van der Waals surface area contributed by atoms with Crippen molar-refractivity contribution in [1.29, 1.82) is 0 Å². The van der Waals surface area contributed by atoms with Crippen LogP contribution in [0.4, 0.5) is 5.82 Å². The van der Waals surface area contributed by atoms with Crippen molar-refractivity contribution in [2.45, 2.75) is 18.8 Å². The zero-order valence-corrected chi connectivity index (χ0v) is 12.2. The summed E-state index contributed by atoms with van der Waals surface area (Å²) in [6.45, 7) is 0. The first kappa shape index (κ1) is 12.9. The van der Waals surface area contributed by atoms with Crippen molar-refractivity contribution in [2.75, 3.05) is 5.32 Å². The van der Waals surface area contributed by atoms with Crippen molar-refractivity contribution < 1.29 is 4.79 Å². The van der Waals surface area contributed by atoms with E-state index in [0.29, 0.717) is 28.5 Å². The van der Waals surface area contributed by atoms with E-state index in [9.17, 15) is 4.79 Å². The lowest BCUT2D eigenvalue weighted by molar-refractivity contribution is 0.102. The number of nitrogens with one attached hydrogen (secondary N) is 1. The number of fused-ring (bicyclic) bond motifs is 1. The van der Waals surface area contributed by atoms with Crippen LogP contribution in [0.5, 0.6) is 0 Å². The lowest BCUT2D eigenvalue weighted by Gasteiger charge is -2.06. The number of carbonyl (C=O) groups is 1. The minimum Gasteiger partial charge on any atom is -0.318 e. The van der Waals surface area contributed by atoms with Gasteiger partial charge in [-0.2, -0.15) is 0 Å². The molecule has 6 nitrogen and oxygen atoms in total. The van der Waals surface area contributed by atoms with Crippen molar-refractivity contribution in [3.8, 4) is 0 Å². The number of nitrogens with zero attached hydrogens (tertiary/aromatic N) is 4. The highest BCUT2D eigenvalue weighted by Crippen LogP contribution is 2.39. The summed E-state index contributed by atoms with van der Waals surface area (Å²) >= 11 is 0. The summed E-state index contributed by atoms with van der Waals surface area (Å²) in [5.41, 5.74) is 2.84. The highest BCUT2D eigenvalue weighted by molar-refractivity contribution is 6.10. The number of amides is 1. The van der Waals surface area contributed by atoms with Crippen LogP contribution in [0, 0.1) is 0 Å². The van der Waals surface area contributed by atoms with Gasteiger partial charge in [0, 0.05) is 24.9 Å². The Balaban J connectivity index is 1.64. The molecule has 1 saturated carbocycles. The molecule has 0 saturated heterocycles. The number of rotatable bonds is 3. The Morgan fingerprint density at radius 3 is 2.95 bits per heavy atom. The Morgan fingerprint density at radius 1 is 1.27 bits per heavy atom. The van der Waals surface area contributed by atoms with Crippen molar-refractivity contribution in [1.82, 2.24) is 19.5 Å². The van der Waals surface area contributed by atoms with E-state index in [1.165, 1.54) is 12.8 Å². The van der Waals surface area contributed by atoms with E-state index in [2.05, 4.69) is 20.3 Å². The van der Waals surface area contributed by atoms with Crippen molar-refractivity contribution in [3.63, 3.8) is 0 Å². The number of imidazole rings is 1. The molecule has 1 fully saturated rings. The number of aromatic nitrogens is 4. The predicted molar refractivity (Wildman–Crippen MR) is 82.7 cm³/mol. The van der Waals surface area contributed by atoms with Gasteiger partial charge >= 0.3 is 0 Å². The van der Waals surface area contributed by atoms with Gasteiger partial charge in [-0.1, -0.05) is 6.07 Å². The maximum Gasteiger partial charge on any atom is 0.259 e. The fraction of sp³-hybridized carbons (Fsp3) is 0.250. The standard InChI is InChI=1S/C16H15N5O/c1-21-9-18-14-11(7-8-17-15(14)21)16(22)20-13-4-2-3-12(19-13)10-5-6-10/h2-4,7-10H,5-6H2,1H3,(H,19,20,22). The maximum absolute atomic E-state index is 12.5. The monoisotopic (exact) mass is 293 g/mol. The van der Waals surface area contributed by atoms with Crippen LogP contribution in [0.2, 0.25) is 0 Å². The molecule has 6 heteroatoms. The molecule has 1 N–H and O–H groups in total. The van der Waals surface area contributed by atoms with Gasteiger partial charge in [-0.05, 0) is 31.0 Å². The Hall–Kier alpha value is -2.76. The summed E-state index contributed by atoms with van der Waals surface area (Å²) in [5, 5.41) is 2.86. The van der Waals surface area contributed by atoms with Crippen molar-refractivity contribution in [2.24, 2.45) is 7.05 Å². The van der Waals surface area contributed by atoms with Gasteiger partial charge in [0.05, 0.1) is 11.9 Å². The number of anilines is 1. The third-order valence-electron chi connectivity index (χ3n) is 3.85. The molecule has 3 aromatic heterocycles. The average Bonchev–Trinajstić information content (AvgIpc) is 3.32. The maximum atomic E-state index is 12.5. The zero-order chi connectivity index (χ0) is 15.1. The molecule has 1 aliphatic carbocycles. The Labute approximate surface area is 127 Å².